The van der Waals surface area contributed by atoms with Crippen molar-refractivity contribution in [2.24, 2.45) is 7.05 Å². The van der Waals surface area contributed by atoms with E-state index in [1.54, 1.807) is 13.1 Å². The molecule has 0 atom stereocenters. The number of aryl methyl sites for hydroxylation is 1. The third-order valence-corrected chi connectivity index (χ3v) is 1.25. The minimum Gasteiger partial charge on any atom is -0.390 e. The van der Waals surface area contributed by atoms with Crippen LogP contribution in [-0.2, 0) is 13.7 Å². The fourth-order valence-electron chi connectivity index (χ4n) is 0.709. The molecule has 0 bridgehead atoms. The minimum absolute atomic E-state index is 0.0782. The molecule has 0 unspecified atom stereocenters. The van der Waals surface area contributed by atoms with Gasteiger partial charge in [-0.1, -0.05) is 0 Å². The lowest BCUT2D eigenvalue weighted by atomic mass is 10.4. The second-order valence-electron chi connectivity index (χ2n) is 1.91. The van der Waals surface area contributed by atoms with Gasteiger partial charge in [-0.05, 0) is 6.07 Å². The smallest absolute Gasteiger partial charge is 0.162 e. The van der Waals surface area contributed by atoms with Gasteiger partial charge in [0.2, 0.25) is 0 Å². The number of aliphatic hydroxyl groups is 1. The molecule has 1 N–H and O–H groups in total. The molecule has 0 aliphatic heterocycles. The van der Waals surface area contributed by atoms with Crippen LogP contribution in [0.25, 0.3) is 0 Å². The van der Waals surface area contributed by atoms with Crippen LogP contribution in [0, 0.1) is 11.3 Å². The Labute approximate surface area is 58.3 Å². The molecule has 0 amide bonds. The van der Waals surface area contributed by atoms with E-state index in [2.05, 4.69) is 5.10 Å². The molecule has 1 rings (SSSR count). The van der Waals surface area contributed by atoms with Gasteiger partial charge in [0, 0.05) is 7.05 Å². The highest BCUT2D eigenvalue weighted by Gasteiger charge is 2.00. The Morgan fingerprint density at radius 3 is 2.90 bits per heavy atom. The molecule has 0 aliphatic rings. The standard InChI is InChI=1S/C6H7N3O/c1-9-6(4-10)2-5(3-7)8-9/h2,10H,4H2,1H3. The highest BCUT2D eigenvalue weighted by atomic mass is 16.3. The fourth-order valence-corrected chi connectivity index (χ4v) is 0.709. The Hall–Kier alpha value is -1.34. The van der Waals surface area contributed by atoms with Gasteiger partial charge in [-0.25, -0.2) is 0 Å². The van der Waals surface area contributed by atoms with Crippen LogP contribution in [-0.4, -0.2) is 14.9 Å². The largest absolute Gasteiger partial charge is 0.390 e. The number of aromatic nitrogens is 2. The molecular weight excluding hydrogens is 130 g/mol. The monoisotopic (exact) mass is 137 g/mol. The number of aliphatic hydroxyl groups excluding tert-OH is 1. The molecule has 0 aromatic carbocycles. The summed E-state index contributed by atoms with van der Waals surface area (Å²) >= 11 is 0. The number of rotatable bonds is 1. The van der Waals surface area contributed by atoms with Crippen LogP contribution < -0.4 is 0 Å². The van der Waals surface area contributed by atoms with Crippen LogP contribution in [0.3, 0.4) is 0 Å². The molecule has 0 saturated carbocycles. The summed E-state index contributed by atoms with van der Waals surface area (Å²) in [4.78, 5) is 0. The van der Waals surface area contributed by atoms with E-state index >= 15 is 0 Å². The van der Waals surface area contributed by atoms with E-state index in [-0.39, 0.29) is 6.61 Å². The van der Waals surface area contributed by atoms with Gasteiger partial charge in [0.15, 0.2) is 5.69 Å². The van der Waals surface area contributed by atoms with Crippen molar-refractivity contribution in [2.75, 3.05) is 0 Å². The molecular formula is C6H7N3O. The first kappa shape index (κ1) is 6.78. The van der Waals surface area contributed by atoms with Crippen molar-refractivity contribution in [3.63, 3.8) is 0 Å². The molecule has 52 valence electrons. The molecule has 1 aromatic heterocycles. The quantitative estimate of drug-likeness (QED) is 0.582. The van der Waals surface area contributed by atoms with Gasteiger partial charge in [0.25, 0.3) is 0 Å². The van der Waals surface area contributed by atoms with Gasteiger partial charge < -0.3 is 5.11 Å². The van der Waals surface area contributed by atoms with E-state index < -0.39 is 0 Å². The summed E-state index contributed by atoms with van der Waals surface area (Å²) in [6.07, 6.45) is 0. The van der Waals surface area contributed by atoms with Gasteiger partial charge in [0.05, 0.1) is 12.3 Å². The minimum atomic E-state index is -0.0782. The van der Waals surface area contributed by atoms with Gasteiger partial charge in [-0.15, -0.1) is 0 Å². The van der Waals surface area contributed by atoms with Gasteiger partial charge in [0.1, 0.15) is 6.07 Å². The molecule has 0 saturated heterocycles. The number of nitrogens with zero attached hydrogens (tertiary/aromatic N) is 3. The lowest BCUT2D eigenvalue weighted by Crippen LogP contribution is -1.96. The lowest BCUT2D eigenvalue weighted by Gasteiger charge is -1.92. The van der Waals surface area contributed by atoms with Crippen LogP contribution in [0.1, 0.15) is 11.4 Å². The van der Waals surface area contributed by atoms with Gasteiger partial charge in [-0.3, -0.25) is 4.68 Å². The molecule has 1 aromatic rings. The summed E-state index contributed by atoms with van der Waals surface area (Å²) in [5, 5.41) is 20.8. The van der Waals surface area contributed by atoms with Crippen LogP contribution in [0.4, 0.5) is 0 Å². The van der Waals surface area contributed by atoms with E-state index in [1.807, 2.05) is 6.07 Å². The Balaban J connectivity index is 3.07. The van der Waals surface area contributed by atoms with Crippen molar-refractivity contribution in [3.05, 3.63) is 17.5 Å². The highest BCUT2D eigenvalue weighted by molar-refractivity contribution is 5.21. The van der Waals surface area contributed by atoms with Crippen molar-refractivity contribution in [1.29, 1.82) is 5.26 Å². The van der Waals surface area contributed by atoms with Crippen molar-refractivity contribution in [1.82, 2.24) is 9.78 Å². The van der Waals surface area contributed by atoms with Gasteiger partial charge in [-0.2, -0.15) is 10.4 Å². The summed E-state index contributed by atoms with van der Waals surface area (Å²) in [5.41, 5.74) is 0.989. The number of hydrogen-bond donors (Lipinski definition) is 1. The normalized spacial score (nSPS) is 9.30. The fraction of sp³-hybridized carbons (Fsp3) is 0.333. The van der Waals surface area contributed by atoms with E-state index in [4.69, 9.17) is 10.4 Å². The summed E-state index contributed by atoms with van der Waals surface area (Å²) in [7, 11) is 1.69. The van der Waals surface area contributed by atoms with E-state index in [0.29, 0.717) is 11.4 Å². The third-order valence-electron chi connectivity index (χ3n) is 1.25. The first-order chi connectivity index (χ1) is 4.77. The van der Waals surface area contributed by atoms with Gasteiger partial charge >= 0.3 is 0 Å². The Morgan fingerprint density at radius 2 is 2.60 bits per heavy atom. The second-order valence-corrected chi connectivity index (χ2v) is 1.91. The van der Waals surface area contributed by atoms with Crippen molar-refractivity contribution in [2.45, 2.75) is 6.61 Å². The Kier molecular flexibility index (Phi) is 1.69. The van der Waals surface area contributed by atoms with Crippen LogP contribution in [0.5, 0.6) is 0 Å². The van der Waals surface area contributed by atoms with Crippen LogP contribution >= 0.6 is 0 Å². The Bertz CT molecular complexity index is 271. The van der Waals surface area contributed by atoms with Crippen molar-refractivity contribution >= 4 is 0 Å². The molecule has 0 spiro atoms. The highest BCUT2D eigenvalue weighted by Crippen LogP contribution is 2.00. The first-order valence-corrected chi connectivity index (χ1v) is 2.82. The topological polar surface area (TPSA) is 61.8 Å². The van der Waals surface area contributed by atoms with Crippen molar-refractivity contribution in [3.8, 4) is 6.07 Å². The molecule has 4 nitrogen and oxygen atoms in total. The molecule has 1 heterocycles. The molecule has 0 aliphatic carbocycles. The average Bonchev–Trinajstić information content (AvgIpc) is 2.30. The lowest BCUT2D eigenvalue weighted by molar-refractivity contribution is 0.270. The SMILES string of the molecule is Cn1nc(C#N)cc1CO. The van der Waals surface area contributed by atoms with E-state index in [1.165, 1.54) is 4.68 Å². The maximum atomic E-state index is 8.66. The third kappa shape index (κ3) is 0.993. The summed E-state index contributed by atoms with van der Waals surface area (Å²) in [5.74, 6) is 0. The van der Waals surface area contributed by atoms with Crippen LogP contribution in [0.2, 0.25) is 0 Å². The Morgan fingerprint density at radius 1 is 1.90 bits per heavy atom. The van der Waals surface area contributed by atoms with Crippen molar-refractivity contribution < 1.29 is 5.11 Å². The predicted octanol–water partition coefficient (Wildman–Crippen LogP) is -0.216. The number of nitriles is 1. The first-order valence-electron chi connectivity index (χ1n) is 2.82. The second kappa shape index (κ2) is 2.50. The predicted molar refractivity (Wildman–Crippen MR) is 33.8 cm³/mol. The van der Waals surface area contributed by atoms with E-state index in [0.717, 1.165) is 0 Å². The molecule has 0 fully saturated rings. The number of hydrogen-bond acceptors (Lipinski definition) is 3. The maximum absolute atomic E-state index is 8.66. The maximum Gasteiger partial charge on any atom is 0.162 e. The summed E-state index contributed by atoms with van der Waals surface area (Å²) in [6.45, 7) is -0.0782. The zero-order chi connectivity index (χ0) is 7.56. The van der Waals surface area contributed by atoms with E-state index in [9.17, 15) is 0 Å². The summed E-state index contributed by atoms with van der Waals surface area (Å²) in [6, 6.07) is 3.43. The van der Waals surface area contributed by atoms with Crippen LogP contribution in [0.15, 0.2) is 6.07 Å². The zero-order valence-electron chi connectivity index (χ0n) is 5.57. The average molecular weight is 137 g/mol. The zero-order valence-corrected chi connectivity index (χ0v) is 5.57. The molecule has 0 radical (unpaired) electrons. The molecule has 10 heavy (non-hydrogen) atoms. The molecule has 4 heteroatoms. The summed E-state index contributed by atoms with van der Waals surface area (Å²) < 4.78 is 1.48.